The van der Waals surface area contributed by atoms with E-state index in [2.05, 4.69) is 21.2 Å². The summed E-state index contributed by atoms with van der Waals surface area (Å²) in [7, 11) is 0. The highest BCUT2D eigenvalue weighted by Crippen LogP contribution is 2.19. The lowest BCUT2D eigenvalue weighted by molar-refractivity contribution is -0.125. The van der Waals surface area contributed by atoms with Crippen LogP contribution in [0.2, 0.25) is 0 Å². The summed E-state index contributed by atoms with van der Waals surface area (Å²) in [6.45, 7) is 1.41. The maximum absolute atomic E-state index is 11.7. The van der Waals surface area contributed by atoms with E-state index in [1.807, 2.05) is 11.4 Å². The minimum absolute atomic E-state index is 0.0847. The number of rotatable bonds is 4. The molecular formula is C12H16BrNO2S. The molecule has 2 rings (SSSR count). The molecule has 0 aromatic carbocycles. The van der Waals surface area contributed by atoms with Gasteiger partial charge in [0.15, 0.2) is 0 Å². The lowest BCUT2D eigenvalue weighted by atomic mass is 10.1. The lowest BCUT2D eigenvalue weighted by Crippen LogP contribution is -2.29. The topological polar surface area (TPSA) is 38.3 Å². The maximum Gasteiger partial charge on any atom is 0.222 e. The summed E-state index contributed by atoms with van der Waals surface area (Å²) in [5.41, 5.74) is 0. The van der Waals surface area contributed by atoms with E-state index >= 15 is 0 Å². The molecule has 1 aromatic heterocycles. The second-order valence-corrected chi connectivity index (χ2v) is 6.11. The van der Waals surface area contributed by atoms with Crippen molar-refractivity contribution in [2.24, 2.45) is 0 Å². The molecule has 3 nitrogen and oxygen atoms in total. The molecule has 0 saturated carbocycles. The average Bonchev–Trinajstić information content (AvgIpc) is 2.74. The van der Waals surface area contributed by atoms with Gasteiger partial charge in [-0.15, -0.1) is 11.3 Å². The first kappa shape index (κ1) is 13.1. The minimum Gasteiger partial charge on any atom is -0.378 e. The van der Waals surface area contributed by atoms with Gasteiger partial charge in [0.1, 0.15) is 0 Å². The number of hydrogen-bond donors (Lipinski definition) is 1. The predicted molar refractivity (Wildman–Crippen MR) is 72.1 cm³/mol. The molecule has 1 unspecified atom stereocenters. The largest absolute Gasteiger partial charge is 0.378 e. The normalized spacial score (nSPS) is 20.2. The van der Waals surface area contributed by atoms with E-state index in [0.717, 1.165) is 28.8 Å². The molecule has 0 aliphatic carbocycles. The van der Waals surface area contributed by atoms with Crippen molar-refractivity contribution in [1.29, 1.82) is 0 Å². The molecule has 0 spiro atoms. The Kier molecular flexibility index (Phi) is 5.00. The fourth-order valence-corrected chi connectivity index (χ4v) is 3.27. The average molecular weight is 318 g/mol. The second-order valence-electron chi connectivity index (χ2n) is 4.20. The van der Waals surface area contributed by atoms with E-state index in [9.17, 15) is 4.79 Å². The molecule has 1 N–H and O–H groups in total. The Morgan fingerprint density at radius 1 is 1.59 bits per heavy atom. The van der Waals surface area contributed by atoms with E-state index in [0.29, 0.717) is 13.0 Å². The fraction of sp³-hybridized carbons (Fsp3) is 0.583. The first-order chi connectivity index (χ1) is 8.24. The summed E-state index contributed by atoms with van der Waals surface area (Å²) >= 11 is 5.04. The Morgan fingerprint density at radius 2 is 2.47 bits per heavy atom. The van der Waals surface area contributed by atoms with Crippen LogP contribution in [-0.4, -0.2) is 18.6 Å². The van der Waals surface area contributed by atoms with Gasteiger partial charge in [0, 0.05) is 21.3 Å². The number of ether oxygens (including phenoxy) is 1. The molecule has 1 fully saturated rings. The number of carbonyl (C=O) groups is 1. The predicted octanol–water partition coefficient (Wildman–Crippen LogP) is 3.09. The molecule has 1 saturated heterocycles. The number of carbonyl (C=O) groups excluding carboxylic acids is 1. The van der Waals surface area contributed by atoms with Gasteiger partial charge in [0.05, 0.1) is 19.1 Å². The smallest absolute Gasteiger partial charge is 0.222 e. The van der Waals surface area contributed by atoms with Crippen molar-refractivity contribution in [3.8, 4) is 0 Å². The second kappa shape index (κ2) is 6.52. The quantitative estimate of drug-likeness (QED) is 0.926. The Labute approximate surface area is 114 Å². The third-order valence-electron chi connectivity index (χ3n) is 2.77. The Balaban J connectivity index is 1.70. The number of amides is 1. The molecule has 17 heavy (non-hydrogen) atoms. The van der Waals surface area contributed by atoms with Gasteiger partial charge < -0.3 is 10.1 Å². The van der Waals surface area contributed by atoms with Crippen LogP contribution in [0.25, 0.3) is 0 Å². The summed E-state index contributed by atoms with van der Waals surface area (Å²) in [6.07, 6.45) is 3.93. The molecule has 1 aliphatic rings. The van der Waals surface area contributed by atoms with Gasteiger partial charge in [-0.05, 0) is 41.3 Å². The van der Waals surface area contributed by atoms with Gasteiger partial charge >= 0.3 is 0 Å². The van der Waals surface area contributed by atoms with Gasteiger partial charge in [0.2, 0.25) is 5.91 Å². The zero-order valence-electron chi connectivity index (χ0n) is 9.58. The highest BCUT2D eigenvalue weighted by Gasteiger charge is 2.17. The van der Waals surface area contributed by atoms with Gasteiger partial charge in [-0.2, -0.15) is 0 Å². The molecule has 94 valence electrons. The van der Waals surface area contributed by atoms with Gasteiger partial charge in [0.25, 0.3) is 0 Å². The third-order valence-corrected chi connectivity index (χ3v) is 4.47. The maximum atomic E-state index is 11.7. The number of halogens is 1. The first-order valence-corrected chi connectivity index (χ1v) is 7.52. The van der Waals surface area contributed by atoms with Crippen molar-refractivity contribution >= 4 is 33.2 Å². The van der Waals surface area contributed by atoms with Crippen LogP contribution in [0.3, 0.4) is 0 Å². The van der Waals surface area contributed by atoms with Gasteiger partial charge in [-0.25, -0.2) is 0 Å². The molecule has 1 aliphatic heterocycles. The Morgan fingerprint density at radius 3 is 3.12 bits per heavy atom. The fourth-order valence-electron chi connectivity index (χ4n) is 1.88. The van der Waals surface area contributed by atoms with Crippen LogP contribution in [0.15, 0.2) is 15.9 Å². The standard InChI is InChI=1S/C12H16BrNO2S/c13-9-5-11(17-8-9)7-14-12(15)6-10-3-1-2-4-16-10/h5,8,10H,1-4,6-7H2,(H,14,15). The van der Waals surface area contributed by atoms with Gasteiger partial charge in [-0.3, -0.25) is 4.79 Å². The summed E-state index contributed by atoms with van der Waals surface area (Å²) in [4.78, 5) is 12.9. The Hall–Kier alpha value is -0.390. The van der Waals surface area contributed by atoms with Gasteiger partial charge in [-0.1, -0.05) is 0 Å². The molecule has 1 aromatic rings. The molecule has 1 amide bonds. The first-order valence-electron chi connectivity index (χ1n) is 5.85. The van der Waals surface area contributed by atoms with Crippen molar-refractivity contribution < 1.29 is 9.53 Å². The zero-order chi connectivity index (χ0) is 12.1. The summed E-state index contributed by atoms with van der Waals surface area (Å²) < 4.78 is 6.61. The zero-order valence-corrected chi connectivity index (χ0v) is 12.0. The Bertz CT molecular complexity index is 374. The molecule has 0 radical (unpaired) electrons. The van der Waals surface area contributed by atoms with Crippen molar-refractivity contribution in [1.82, 2.24) is 5.32 Å². The van der Waals surface area contributed by atoms with Crippen LogP contribution >= 0.6 is 27.3 Å². The summed E-state index contributed by atoms with van der Waals surface area (Å²) in [6, 6.07) is 2.03. The number of hydrogen-bond acceptors (Lipinski definition) is 3. The van der Waals surface area contributed by atoms with Crippen LogP contribution in [0.1, 0.15) is 30.6 Å². The highest BCUT2D eigenvalue weighted by atomic mass is 79.9. The molecule has 1 atom stereocenters. The van der Waals surface area contributed by atoms with Crippen LogP contribution in [0, 0.1) is 0 Å². The van der Waals surface area contributed by atoms with Crippen molar-refractivity contribution in [3.05, 3.63) is 20.8 Å². The molecule has 5 heteroatoms. The molecular weight excluding hydrogens is 302 g/mol. The highest BCUT2D eigenvalue weighted by molar-refractivity contribution is 9.10. The van der Waals surface area contributed by atoms with E-state index < -0.39 is 0 Å². The number of thiophene rings is 1. The molecule has 0 bridgehead atoms. The van der Waals surface area contributed by atoms with Crippen molar-refractivity contribution in [3.63, 3.8) is 0 Å². The van der Waals surface area contributed by atoms with E-state index in [-0.39, 0.29) is 12.0 Å². The third kappa shape index (κ3) is 4.41. The van der Waals surface area contributed by atoms with Crippen LogP contribution in [0.4, 0.5) is 0 Å². The molecule has 2 heterocycles. The van der Waals surface area contributed by atoms with E-state index in [1.165, 1.54) is 6.42 Å². The SMILES string of the molecule is O=C(CC1CCCCO1)NCc1cc(Br)cs1. The van der Waals surface area contributed by atoms with E-state index in [1.54, 1.807) is 11.3 Å². The summed E-state index contributed by atoms with van der Waals surface area (Å²) in [5, 5.41) is 4.95. The monoisotopic (exact) mass is 317 g/mol. The van der Waals surface area contributed by atoms with E-state index in [4.69, 9.17) is 4.74 Å². The van der Waals surface area contributed by atoms with Crippen LogP contribution < -0.4 is 5.32 Å². The van der Waals surface area contributed by atoms with Crippen LogP contribution in [-0.2, 0) is 16.1 Å². The number of nitrogens with one attached hydrogen (secondary N) is 1. The van der Waals surface area contributed by atoms with Crippen molar-refractivity contribution in [2.45, 2.75) is 38.3 Å². The minimum atomic E-state index is 0.0847. The van der Waals surface area contributed by atoms with Crippen LogP contribution in [0.5, 0.6) is 0 Å². The van der Waals surface area contributed by atoms with Crippen molar-refractivity contribution in [2.75, 3.05) is 6.61 Å². The lowest BCUT2D eigenvalue weighted by Gasteiger charge is -2.21. The summed E-state index contributed by atoms with van der Waals surface area (Å²) in [5.74, 6) is 0.0847.